The Hall–Kier alpha value is -2.29. The highest BCUT2D eigenvalue weighted by Crippen LogP contribution is 2.11. The minimum Gasteiger partial charge on any atom is -0.493 e. The van der Waals surface area contributed by atoms with Gasteiger partial charge < -0.3 is 10.6 Å². The van der Waals surface area contributed by atoms with Crippen LogP contribution >= 0.6 is 0 Å². The van der Waals surface area contributed by atoms with E-state index in [1.54, 1.807) is 6.21 Å². The van der Waals surface area contributed by atoms with Crippen LogP contribution in [0.25, 0.3) is 0 Å². The zero-order valence-electron chi connectivity index (χ0n) is 10.1. The van der Waals surface area contributed by atoms with Crippen LogP contribution in [0, 0.1) is 0 Å². The second-order valence-electron chi connectivity index (χ2n) is 3.93. The molecular weight excluding hydrogens is 224 g/mol. The molecule has 0 saturated heterocycles. The summed E-state index contributed by atoms with van der Waals surface area (Å²) < 4.78 is 5.67. The predicted molar refractivity (Wildman–Crippen MR) is 73.9 cm³/mol. The summed E-state index contributed by atoms with van der Waals surface area (Å²) in [6.45, 7) is 0.675. The van der Waals surface area contributed by atoms with Gasteiger partial charge in [-0.15, -0.1) is 0 Å². The van der Waals surface area contributed by atoms with Crippen LogP contribution in [0.3, 0.4) is 0 Å². The molecule has 0 radical (unpaired) electrons. The molecule has 0 unspecified atom stereocenters. The Morgan fingerprint density at radius 2 is 1.72 bits per heavy atom. The monoisotopic (exact) mass is 240 g/mol. The summed E-state index contributed by atoms with van der Waals surface area (Å²) in [6.07, 6.45) is 2.51. The number of hydrogen-bond donors (Lipinski definition) is 1. The zero-order chi connectivity index (χ0) is 12.6. The van der Waals surface area contributed by atoms with Crippen molar-refractivity contribution in [3.8, 4) is 5.75 Å². The van der Waals surface area contributed by atoms with E-state index in [4.69, 9.17) is 10.6 Å². The van der Waals surface area contributed by atoms with Crippen molar-refractivity contribution in [3.63, 3.8) is 0 Å². The fraction of sp³-hybridized carbons (Fsp3) is 0.133. The zero-order valence-corrected chi connectivity index (χ0v) is 10.1. The Morgan fingerprint density at radius 3 is 2.39 bits per heavy atom. The summed E-state index contributed by atoms with van der Waals surface area (Å²) in [4.78, 5) is 0. The minimum absolute atomic E-state index is 0.675. The van der Waals surface area contributed by atoms with Gasteiger partial charge in [0.1, 0.15) is 5.75 Å². The molecule has 3 nitrogen and oxygen atoms in total. The molecule has 92 valence electrons. The van der Waals surface area contributed by atoms with E-state index in [0.717, 1.165) is 17.7 Å². The lowest BCUT2D eigenvalue weighted by Crippen LogP contribution is -2.01. The van der Waals surface area contributed by atoms with E-state index >= 15 is 0 Å². The van der Waals surface area contributed by atoms with Crippen molar-refractivity contribution in [1.29, 1.82) is 0 Å². The van der Waals surface area contributed by atoms with Crippen molar-refractivity contribution in [2.24, 2.45) is 10.9 Å². The molecule has 0 atom stereocenters. The topological polar surface area (TPSA) is 47.6 Å². The first kappa shape index (κ1) is 12.2. The van der Waals surface area contributed by atoms with Crippen LogP contribution in [-0.4, -0.2) is 12.8 Å². The van der Waals surface area contributed by atoms with E-state index < -0.39 is 0 Å². The minimum atomic E-state index is 0.675. The molecule has 0 aromatic heterocycles. The predicted octanol–water partition coefficient (Wildman–Crippen LogP) is 2.60. The molecule has 0 spiro atoms. The molecule has 0 fully saturated rings. The van der Waals surface area contributed by atoms with Crippen LogP contribution < -0.4 is 10.6 Å². The lowest BCUT2D eigenvalue weighted by atomic mass is 10.2. The van der Waals surface area contributed by atoms with Crippen molar-refractivity contribution in [1.82, 2.24) is 0 Å². The first-order valence-corrected chi connectivity index (χ1v) is 5.88. The smallest absolute Gasteiger partial charge is 0.119 e. The van der Waals surface area contributed by atoms with Gasteiger partial charge in [-0.3, -0.25) is 0 Å². The summed E-state index contributed by atoms with van der Waals surface area (Å²) in [7, 11) is 0. The van der Waals surface area contributed by atoms with E-state index in [0.29, 0.717) is 6.61 Å². The number of nitrogens with zero attached hydrogens (tertiary/aromatic N) is 1. The molecule has 0 aliphatic carbocycles. The molecule has 2 N–H and O–H groups in total. The van der Waals surface area contributed by atoms with Gasteiger partial charge in [0.25, 0.3) is 0 Å². The molecule has 2 aromatic carbocycles. The van der Waals surface area contributed by atoms with Crippen molar-refractivity contribution in [2.45, 2.75) is 6.42 Å². The van der Waals surface area contributed by atoms with Gasteiger partial charge in [0.15, 0.2) is 0 Å². The maximum Gasteiger partial charge on any atom is 0.119 e. The Bertz CT molecular complexity index is 492. The van der Waals surface area contributed by atoms with E-state index in [-0.39, 0.29) is 0 Å². The van der Waals surface area contributed by atoms with Crippen molar-refractivity contribution in [2.75, 3.05) is 6.61 Å². The van der Waals surface area contributed by atoms with E-state index in [9.17, 15) is 0 Å². The number of hydrogen-bond acceptors (Lipinski definition) is 3. The molecule has 0 heterocycles. The Kier molecular flexibility index (Phi) is 4.36. The fourth-order valence-electron chi connectivity index (χ4n) is 1.67. The van der Waals surface area contributed by atoms with Crippen molar-refractivity contribution in [3.05, 3.63) is 65.7 Å². The van der Waals surface area contributed by atoms with Crippen LogP contribution in [0.1, 0.15) is 11.1 Å². The van der Waals surface area contributed by atoms with Crippen LogP contribution in [-0.2, 0) is 6.42 Å². The molecular formula is C15H16N2O. The third-order valence-electron chi connectivity index (χ3n) is 2.61. The number of rotatable bonds is 5. The molecule has 0 aliphatic heterocycles. The molecule has 2 aromatic rings. The largest absolute Gasteiger partial charge is 0.493 e. The summed E-state index contributed by atoms with van der Waals surface area (Å²) in [5, 5.41) is 3.47. The van der Waals surface area contributed by atoms with Crippen LogP contribution in [0.4, 0.5) is 0 Å². The number of ether oxygens (including phenoxy) is 1. The van der Waals surface area contributed by atoms with Gasteiger partial charge in [-0.1, -0.05) is 30.3 Å². The lowest BCUT2D eigenvalue weighted by Gasteiger charge is -2.06. The highest BCUT2D eigenvalue weighted by Gasteiger charge is 1.95. The summed E-state index contributed by atoms with van der Waals surface area (Å²) >= 11 is 0. The number of hydrazone groups is 1. The highest BCUT2D eigenvalue weighted by molar-refractivity contribution is 5.79. The maximum atomic E-state index is 5.67. The standard InChI is InChI=1S/C15H16N2O/c16-17-12-14-6-8-15(9-7-14)18-11-10-13-4-2-1-3-5-13/h1-9,12H,10-11,16H2. The van der Waals surface area contributed by atoms with Gasteiger partial charge in [-0.2, -0.15) is 5.10 Å². The van der Waals surface area contributed by atoms with Gasteiger partial charge in [0.2, 0.25) is 0 Å². The number of benzene rings is 2. The highest BCUT2D eigenvalue weighted by atomic mass is 16.5. The summed E-state index contributed by atoms with van der Waals surface area (Å²) in [6, 6.07) is 18.0. The molecule has 18 heavy (non-hydrogen) atoms. The Balaban J connectivity index is 1.83. The first-order valence-electron chi connectivity index (χ1n) is 5.88. The second kappa shape index (κ2) is 6.45. The van der Waals surface area contributed by atoms with Crippen LogP contribution in [0.5, 0.6) is 5.75 Å². The molecule has 0 aliphatic rings. The van der Waals surface area contributed by atoms with Gasteiger partial charge >= 0.3 is 0 Å². The molecule has 0 bridgehead atoms. The SMILES string of the molecule is NN=Cc1ccc(OCCc2ccccc2)cc1. The van der Waals surface area contributed by atoms with Crippen molar-refractivity contribution < 1.29 is 4.74 Å². The van der Waals surface area contributed by atoms with Gasteiger partial charge in [0, 0.05) is 6.42 Å². The fourth-order valence-corrected chi connectivity index (χ4v) is 1.67. The molecule has 0 amide bonds. The summed E-state index contributed by atoms with van der Waals surface area (Å²) in [5.74, 6) is 5.94. The van der Waals surface area contributed by atoms with Crippen LogP contribution in [0.15, 0.2) is 59.7 Å². The van der Waals surface area contributed by atoms with E-state index in [1.165, 1.54) is 5.56 Å². The molecule has 2 rings (SSSR count). The lowest BCUT2D eigenvalue weighted by molar-refractivity contribution is 0.322. The van der Waals surface area contributed by atoms with E-state index in [1.807, 2.05) is 42.5 Å². The van der Waals surface area contributed by atoms with E-state index in [2.05, 4.69) is 17.2 Å². The Morgan fingerprint density at radius 1 is 1.00 bits per heavy atom. The Labute approximate surface area is 107 Å². The van der Waals surface area contributed by atoms with Crippen molar-refractivity contribution >= 4 is 6.21 Å². The average Bonchev–Trinajstić information content (AvgIpc) is 2.42. The molecule has 0 saturated carbocycles. The van der Waals surface area contributed by atoms with Crippen LogP contribution in [0.2, 0.25) is 0 Å². The van der Waals surface area contributed by atoms with Gasteiger partial charge in [-0.25, -0.2) is 0 Å². The normalized spacial score (nSPS) is 10.7. The first-order chi connectivity index (χ1) is 8.88. The third-order valence-corrected chi connectivity index (χ3v) is 2.61. The molecule has 3 heteroatoms. The van der Waals surface area contributed by atoms with Gasteiger partial charge in [-0.05, 0) is 35.4 Å². The maximum absolute atomic E-state index is 5.67. The summed E-state index contributed by atoms with van der Waals surface area (Å²) in [5.41, 5.74) is 2.25. The third kappa shape index (κ3) is 3.63. The number of nitrogens with two attached hydrogens (primary N) is 1. The average molecular weight is 240 g/mol. The van der Waals surface area contributed by atoms with Gasteiger partial charge in [0.05, 0.1) is 12.8 Å². The quantitative estimate of drug-likeness (QED) is 0.496. The second-order valence-corrected chi connectivity index (χ2v) is 3.93.